The topological polar surface area (TPSA) is 90.0 Å². The Balaban J connectivity index is 2.13. The van der Waals surface area contributed by atoms with E-state index in [0.29, 0.717) is 12.5 Å². The minimum Gasteiger partial charge on any atom is -0.381 e. The molecule has 1 fully saturated rings. The van der Waals surface area contributed by atoms with Gasteiger partial charge in [0.2, 0.25) is 10.0 Å². The minimum absolute atomic E-state index is 0.0407. The first-order chi connectivity index (χ1) is 8.42. The Bertz CT molecular complexity index is 517. The number of aromatic nitrogens is 2. The zero-order valence-corrected chi connectivity index (χ0v) is 11.6. The van der Waals surface area contributed by atoms with Crippen LogP contribution in [0.4, 0.5) is 5.82 Å². The molecule has 0 aromatic carbocycles. The molecule has 1 aliphatic carbocycles. The SMILES string of the molecule is CCCn1cc(S(=O)(=O)NC2CC(C)C2)c(N)n1. The van der Waals surface area contributed by atoms with Crippen LogP contribution in [0.5, 0.6) is 0 Å². The van der Waals surface area contributed by atoms with E-state index < -0.39 is 10.0 Å². The Morgan fingerprint density at radius 1 is 1.56 bits per heavy atom. The normalized spacial score (nSPS) is 23.9. The molecular formula is C11H20N4O2S. The smallest absolute Gasteiger partial charge is 0.246 e. The molecule has 1 aromatic heterocycles. The lowest BCUT2D eigenvalue weighted by Gasteiger charge is -2.32. The van der Waals surface area contributed by atoms with Gasteiger partial charge in [0, 0.05) is 18.8 Å². The van der Waals surface area contributed by atoms with E-state index >= 15 is 0 Å². The van der Waals surface area contributed by atoms with E-state index in [9.17, 15) is 8.42 Å². The fourth-order valence-corrected chi connectivity index (χ4v) is 3.59. The van der Waals surface area contributed by atoms with E-state index in [4.69, 9.17) is 5.73 Å². The van der Waals surface area contributed by atoms with Crippen LogP contribution in [0, 0.1) is 5.92 Å². The highest BCUT2D eigenvalue weighted by molar-refractivity contribution is 7.89. The molecule has 3 N–H and O–H groups in total. The highest BCUT2D eigenvalue weighted by Crippen LogP contribution is 2.28. The van der Waals surface area contributed by atoms with Gasteiger partial charge < -0.3 is 5.73 Å². The molecule has 0 amide bonds. The van der Waals surface area contributed by atoms with Gasteiger partial charge in [-0.2, -0.15) is 5.10 Å². The van der Waals surface area contributed by atoms with Gasteiger partial charge in [0.15, 0.2) is 5.82 Å². The Morgan fingerprint density at radius 3 is 2.78 bits per heavy atom. The number of anilines is 1. The summed E-state index contributed by atoms with van der Waals surface area (Å²) in [4.78, 5) is 0.0931. The number of hydrogen-bond donors (Lipinski definition) is 2. The van der Waals surface area contributed by atoms with E-state index in [-0.39, 0.29) is 16.8 Å². The molecule has 0 atom stereocenters. The Morgan fingerprint density at radius 2 is 2.22 bits per heavy atom. The lowest BCUT2D eigenvalue weighted by atomic mass is 9.83. The van der Waals surface area contributed by atoms with Crippen LogP contribution in [0.2, 0.25) is 0 Å². The van der Waals surface area contributed by atoms with Gasteiger partial charge in [-0.25, -0.2) is 13.1 Å². The Kier molecular flexibility index (Phi) is 3.63. The fourth-order valence-electron chi connectivity index (χ4n) is 2.25. The first-order valence-corrected chi connectivity index (χ1v) is 7.76. The van der Waals surface area contributed by atoms with Crippen LogP contribution >= 0.6 is 0 Å². The van der Waals surface area contributed by atoms with E-state index in [0.717, 1.165) is 19.3 Å². The third kappa shape index (κ3) is 2.67. The van der Waals surface area contributed by atoms with Crippen LogP contribution < -0.4 is 10.5 Å². The van der Waals surface area contributed by atoms with Crippen molar-refractivity contribution in [2.45, 2.75) is 50.6 Å². The Hall–Kier alpha value is -1.08. The van der Waals surface area contributed by atoms with Gasteiger partial charge in [0.1, 0.15) is 4.90 Å². The molecule has 0 spiro atoms. The molecule has 0 unspecified atom stereocenters. The molecule has 18 heavy (non-hydrogen) atoms. The number of nitrogens with one attached hydrogen (secondary N) is 1. The maximum absolute atomic E-state index is 12.1. The summed E-state index contributed by atoms with van der Waals surface area (Å²) in [6, 6.07) is 0.0407. The summed E-state index contributed by atoms with van der Waals surface area (Å²) in [6.07, 6.45) is 4.17. The fraction of sp³-hybridized carbons (Fsp3) is 0.727. The van der Waals surface area contributed by atoms with Crippen LogP contribution in [0.15, 0.2) is 11.1 Å². The summed E-state index contributed by atoms with van der Waals surface area (Å²) in [5, 5.41) is 4.01. The number of aryl methyl sites for hydroxylation is 1. The lowest BCUT2D eigenvalue weighted by Crippen LogP contribution is -2.43. The van der Waals surface area contributed by atoms with Crippen LogP contribution in [0.1, 0.15) is 33.1 Å². The molecule has 6 nitrogen and oxygen atoms in total. The zero-order valence-electron chi connectivity index (χ0n) is 10.8. The molecule has 0 aliphatic heterocycles. The van der Waals surface area contributed by atoms with Crippen LogP contribution in [0.25, 0.3) is 0 Å². The molecule has 0 saturated heterocycles. The molecule has 1 aliphatic rings. The molecule has 7 heteroatoms. The highest BCUT2D eigenvalue weighted by Gasteiger charge is 2.31. The van der Waals surface area contributed by atoms with Crippen molar-refractivity contribution in [1.29, 1.82) is 0 Å². The van der Waals surface area contributed by atoms with Crippen molar-refractivity contribution in [2.24, 2.45) is 5.92 Å². The number of rotatable bonds is 5. The highest BCUT2D eigenvalue weighted by atomic mass is 32.2. The predicted octanol–water partition coefficient (Wildman–Crippen LogP) is 0.952. The average molecular weight is 272 g/mol. The third-order valence-electron chi connectivity index (χ3n) is 3.19. The quantitative estimate of drug-likeness (QED) is 0.835. The second kappa shape index (κ2) is 4.89. The minimum atomic E-state index is -3.53. The van der Waals surface area contributed by atoms with Gasteiger partial charge >= 0.3 is 0 Å². The van der Waals surface area contributed by atoms with Crippen molar-refractivity contribution >= 4 is 15.8 Å². The second-order valence-electron chi connectivity index (χ2n) is 5.04. The monoisotopic (exact) mass is 272 g/mol. The first kappa shape index (κ1) is 13.4. The molecule has 1 aromatic rings. The van der Waals surface area contributed by atoms with Crippen molar-refractivity contribution in [3.8, 4) is 0 Å². The van der Waals surface area contributed by atoms with Gasteiger partial charge in [0.05, 0.1) is 0 Å². The number of nitrogens with zero attached hydrogens (tertiary/aromatic N) is 2. The van der Waals surface area contributed by atoms with Gasteiger partial charge in [-0.05, 0) is 25.2 Å². The molecule has 102 valence electrons. The summed E-state index contributed by atoms with van der Waals surface area (Å²) in [5.41, 5.74) is 5.67. The largest absolute Gasteiger partial charge is 0.381 e. The van der Waals surface area contributed by atoms with Crippen LogP contribution in [-0.2, 0) is 16.6 Å². The number of nitrogen functional groups attached to an aromatic ring is 1. The van der Waals surface area contributed by atoms with E-state index in [1.165, 1.54) is 6.20 Å². The zero-order chi connectivity index (χ0) is 13.3. The summed E-state index contributed by atoms with van der Waals surface area (Å²) >= 11 is 0. The van der Waals surface area contributed by atoms with Crippen LogP contribution in [0.3, 0.4) is 0 Å². The molecule has 2 rings (SSSR count). The molecule has 0 radical (unpaired) electrons. The average Bonchev–Trinajstić information content (AvgIpc) is 2.58. The van der Waals surface area contributed by atoms with Crippen LogP contribution in [-0.4, -0.2) is 24.2 Å². The molecular weight excluding hydrogens is 252 g/mol. The number of sulfonamides is 1. The van der Waals surface area contributed by atoms with Crippen molar-refractivity contribution in [3.05, 3.63) is 6.20 Å². The van der Waals surface area contributed by atoms with Crippen molar-refractivity contribution in [2.75, 3.05) is 5.73 Å². The first-order valence-electron chi connectivity index (χ1n) is 6.27. The predicted molar refractivity (Wildman–Crippen MR) is 69.4 cm³/mol. The molecule has 1 heterocycles. The van der Waals surface area contributed by atoms with E-state index in [2.05, 4.69) is 16.7 Å². The second-order valence-corrected chi connectivity index (χ2v) is 6.72. The number of hydrogen-bond acceptors (Lipinski definition) is 4. The molecule has 1 saturated carbocycles. The van der Waals surface area contributed by atoms with E-state index in [1.54, 1.807) is 4.68 Å². The van der Waals surface area contributed by atoms with Gasteiger partial charge in [-0.3, -0.25) is 4.68 Å². The van der Waals surface area contributed by atoms with Crippen molar-refractivity contribution in [1.82, 2.24) is 14.5 Å². The maximum atomic E-state index is 12.1. The third-order valence-corrected chi connectivity index (χ3v) is 4.73. The standard InChI is InChI=1S/C11H20N4O2S/c1-3-4-15-7-10(11(12)13-15)18(16,17)14-9-5-8(2)6-9/h7-9,14H,3-6H2,1-2H3,(H2,12,13). The van der Waals surface area contributed by atoms with Crippen molar-refractivity contribution in [3.63, 3.8) is 0 Å². The number of nitrogens with two attached hydrogens (primary N) is 1. The Labute approximate surface area is 108 Å². The summed E-state index contributed by atoms with van der Waals surface area (Å²) < 4.78 is 28.5. The van der Waals surface area contributed by atoms with Gasteiger partial charge in [-0.1, -0.05) is 13.8 Å². The van der Waals surface area contributed by atoms with Crippen molar-refractivity contribution < 1.29 is 8.42 Å². The van der Waals surface area contributed by atoms with E-state index in [1.807, 2.05) is 6.92 Å². The summed E-state index contributed by atoms with van der Waals surface area (Å²) in [6.45, 7) is 4.78. The summed E-state index contributed by atoms with van der Waals surface area (Å²) in [5.74, 6) is 0.668. The summed E-state index contributed by atoms with van der Waals surface area (Å²) in [7, 11) is -3.53. The maximum Gasteiger partial charge on any atom is 0.246 e. The molecule has 0 bridgehead atoms. The van der Waals surface area contributed by atoms with Gasteiger partial charge in [0.25, 0.3) is 0 Å². The van der Waals surface area contributed by atoms with Gasteiger partial charge in [-0.15, -0.1) is 0 Å². The lowest BCUT2D eigenvalue weighted by molar-refractivity contribution is 0.270.